The SMILES string of the molecule is O=C(c1ccccc1OCCOc1ccccc1)N1CCC(Nc2ccccc2)C1. The van der Waals surface area contributed by atoms with Crippen molar-refractivity contribution in [2.24, 2.45) is 0 Å². The molecule has 154 valence electrons. The first kappa shape index (κ1) is 19.8. The van der Waals surface area contributed by atoms with Crippen molar-refractivity contribution >= 4 is 11.6 Å². The predicted molar refractivity (Wildman–Crippen MR) is 118 cm³/mol. The molecule has 1 fully saturated rings. The second-order valence-electron chi connectivity index (χ2n) is 7.25. The third-order valence-electron chi connectivity index (χ3n) is 5.09. The van der Waals surface area contributed by atoms with Crippen LogP contribution in [0.15, 0.2) is 84.9 Å². The van der Waals surface area contributed by atoms with Crippen LogP contribution >= 0.6 is 0 Å². The number of carbonyl (C=O) groups is 1. The molecule has 5 nitrogen and oxygen atoms in total. The molecule has 5 heteroatoms. The first-order valence-corrected chi connectivity index (χ1v) is 10.3. The third kappa shape index (κ3) is 5.11. The average Bonchev–Trinajstić information content (AvgIpc) is 3.26. The number of likely N-dealkylation sites (tertiary alicyclic amines) is 1. The molecule has 1 unspecified atom stereocenters. The van der Waals surface area contributed by atoms with Crippen LogP contribution in [0.25, 0.3) is 0 Å². The Morgan fingerprint density at radius 2 is 1.53 bits per heavy atom. The minimum absolute atomic E-state index is 0.00643. The van der Waals surface area contributed by atoms with Crippen LogP contribution in [0.5, 0.6) is 11.5 Å². The lowest BCUT2D eigenvalue weighted by molar-refractivity contribution is 0.0786. The lowest BCUT2D eigenvalue weighted by Crippen LogP contribution is -2.32. The lowest BCUT2D eigenvalue weighted by atomic mass is 10.1. The van der Waals surface area contributed by atoms with E-state index in [0.29, 0.717) is 31.1 Å². The maximum atomic E-state index is 13.1. The van der Waals surface area contributed by atoms with E-state index in [4.69, 9.17) is 9.47 Å². The summed E-state index contributed by atoms with van der Waals surface area (Å²) in [5.74, 6) is 1.41. The number of benzene rings is 3. The molecule has 30 heavy (non-hydrogen) atoms. The zero-order valence-corrected chi connectivity index (χ0v) is 16.9. The first-order valence-electron chi connectivity index (χ1n) is 10.3. The van der Waals surface area contributed by atoms with Gasteiger partial charge < -0.3 is 19.7 Å². The number of hydrogen-bond donors (Lipinski definition) is 1. The predicted octanol–water partition coefficient (Wildman–Crippen LogP) is 4.47. The summed E-state index contributed by atoms with van der Waals surface area (Å²) >= 11 is 0. The molecule has 0 aliphatic carbocycles. The van der Waals surface area contributed by atoms with Crippen LogP contribution in [0.3, 0.4) is 0 Å². The highest BCUT2D eigenvalue weighted by Crippen LogP contribution is 2.23. The zero-order valence-electron chi connectivity index (χ0n) is 16.9. The zero-order chi connectivity index (χ0) is 20.6. The number of anilines is 1. The van der Waals surface area contributed by atoms with E-state index in [1.54, 1.807) is 0 Å². The Balaban J connectivity index is 1.32. The van der Waals surface area contributed by atoms with Gasteiger partial charge in [-0.25, -0.2) is 0 Å². The van der Waals surface area contributed by atoms with Crippen molar-refractivity contribution in [2.75, 3.05) is 31.6 Å². The number of amides is 1. The average molecular weight is 402 g/mol. The van der Waals surface area contributed by atoms with Gasteiger partial charge >= 0.3 is 0 Å². The molecule has 0 radical (unpaired) electrons. The lowest BCUT2D eigenvalue weighted by Gasteiger charge is -2.19. The summed E-state index contributed by atoms with van der Waals surface area (Å²) in [6, 6.07) is 27.4. The number of nitrogens with one attached hydrogen (secondary N) is 1. The van der Waals surface area contributed by atoms with Crippen LogP contribution < -0.4 is 14.8 Å². The normalized spacial score (nSPS) is 15.6. The molecule has 0 saturated carbocycles. The van der Waals surface area contributed by atoms with Gasteiger partial charge in [0.1, 0.15) is 24.7 Å². The van der Waals surface area contributed by atoms with Crippen molar-refractivity contribution in [3.63, 3.8) is 0 Å². The van der Waals surface area contributed by atoms with Crippen molar-refractivity contribution in [1.82, 2.24) is 4.90 Å². The topological polar surface area (TPSA) is 50.8 Å². The first-order chi connectivity index (χ1) is 14.8. The summed E-state index contributed by atoms with van der Waals surface area (Å²) in [5.41, 5.74) is 1.68. The number of carbonyl (C=O) groups excluding carboxylic acids is 1. The van der Waals surface area contributed by atoms with Crippen molar-refractivity contribution in [3.05, 3.63) is 90.5 Å². The van der Waals surface area contributed by atoms with Gasteiger partial charge in [0.05, 0.1) is 5.56 Å². The molecular formula is C25H26N2O3. The molecule has 1 atom stereocenters. The fraction of sp³-hybridized carbons (Fsp3) is 0.240. The van der Waals surface area contributed by atoms with Crippen LogP contribution in [0.2, 0.25) is 0 Å². The van der Waals surface area contributed by atoms with Crippen LogP contribution in [0, 0.1) is 0 Å². The van der Waals surface area contributed by atoms with E-state index in [2.05, 4.69) is 5.32 Å². The van der Waals surface area contributed by atoms with Crippen LogP contribution in [-0.4, -0.2) is 43.2 Å². The van der Waals surface area contributed by atoms with Crippen molar-refractivity contribution in [2.45, 2.75) is 12.5 Å². The highest BCUT2D eigenvalue weighted by molar-refractivity contribution is 5.97. The second kappa shape index (κ2) is 9.83. The molecule has 1 heterocycles. The van der Waals surface area contributed by atoms with E-state index in [9.17, 15) is 4.79 Å². The van der Waals surface area contributed by atoms with Gasteiger partial charge in [-0.2, -0.15) is 0 Å². The number of para-hydroxylation sites is 3. The number of hydrogen-bond acceptors (Lipinski definition) is 4. The summed E-state index contributed by atoms with van der Waals surface area (Å²) in [5, 5.41) is 3.51. The van der Waals surface area contributed by atoms with E-state index in [-0.39, 0.29) is 11.9 Å². The summed E-state index contributed by atoms with van der Waals surface area (Å²) in [7, 11) is 0. The fourth-order valence-electron chi connectivity index (χ4n) is 3.60. The molecule has 0 bridgehead atoms. The molecule has 1 N–H and O–H groups in total. The second-order valence-corrected chi connectivity index (χ2v) is 7.25. The van der Waals surface area contributed by atoms with Crippen LogP contribution in [-0.2, 0) is 0 Å². The summed E-state index contributed by atoms with van der Waals surface area (Å²) in [6.45, 7) is 2.20. The van der Waals surface area contributed by atoms with Gasteiger partial charge in [0.2, 0.25) is 0 Å². The molecule has 3 aromatic carbocycles. The molecule has 0 spiro atoms. The van der Waals surface area contributed by atoms with Gasteiger partial charge in [-0.1, -0.05) is 48.5 Å². The minimum Gasteiger partial charge on any atom is -0.490 e. The van der Waals surface area contributed by atoms with Gasteiger partial charge in [-0.05, 0) is 42.8 Å². The monoisotopic (exact) mass is 402 g/mol. The highest BCUT2D eigenvalue weighted by Gasteiger charge is 2.28. The molecule has 1 saturated heterocycles. The van der Waals surface area contributed by atoms with E-state index in [1.165, 1.54) is 0 Å². The standard InChI is InChI=1S/C25H26N2O3/c28-25(27-16-15-21(19-27)26-20-9-3-1-4-10-20)23-13-7-8-14-24(23)30-18-17-29-22-11-5-2-6-12-22/h1-14,21,26H,15-19H2. The quantitative estimate of drug-likeness (QED) is 0.565. The van der Waals surface area contributed by atoms with Gasteiger partial charge in [0, 0.05) is 24.8 Å². The molecule has 4 rings (SSSR count). The van der Waals surface area contributed by atoms with Crippen molar-refractivity contribution in [3.8, 4) is 11.5 Å². The van der Waals surface area contributed by atoms with E-state index in [1.807, 2.05) is 89.8 Å². The van der Waals surface area contributed by atoms with Gasteiger partial charge in [-0.3, -0.25) is 4.79 Å². The van der Waals surface area contributed by atoms with Gasteiger partial charge in [-0.15, -0.1) is 0 Å². The van der Waals surface area contributed by atoms with E-state index in [0.717, 1.165) is 24.4 Å². The molecule has 1 amide bonds. The van der Waals surface area contributed by atoms with Gasteiger partial charge in [0.15, 0.2) is 0 Å². The smallest absolute Gasteiger partial charge is 0.257 e. The number of rotatable bonds is 8. The minimum atomic E-state index is 0.00643. The maximum Gasteiger partial charge on any atom is 0.257 e. The van der Waals surface area contributed by atoms with Crippen LogP contribution in [0.4, 0.5) is 5.69 Å². The van der Waals surface area contributed by atoms with Crippen molar-refractivity contribution in [1.29, 1.82) is 0 Å². The fourth-order valence-corrected chi connectivity index (χ4v) is 3.60. The third-order valence-corrected chi connectivity index (χ3v) is 5.09. The van der Waals surface area contributed by atoms with E-state index >= 15 is 0 Å². The number of nitrogens with zero attached hydrogens (tertiary/aromatic N) is 1. The van der Waals surface area contributed by atoms with Crippen LogP contribution in [0.1, 0.15) is 16.8 Å². The summed E-state index contributed by atoms with van der Waals surface area (Å²) in [6.07, 6.45) is 0.925. The maximum absolute atomic E-state index is 13.1. The molecule has 0 aromatic heterocycles. The Kier molecular flexibility index (Phi) is 6.50. The van der Waals surface area contributed by atoms with Crippen molar-refractivity contribution < 1.29 is 14.3 Å². The Morgan fingerprint density at radius 3 is 2.33 bits per heavy atom. The Labute approximate surface area is 177 Å². The molecule has 1 aliphatic rings. The summed E-state index contributed by atoms with van der Waals surface area (Å²) < 4.78 is 11.5. The van der Waals surface area contributed by atoms with E-state index < -0.39 is 0 Å². The Morgan fingerprint density at radius 1 is 0.867 bits per heavy atom. The Hall–Kier alpha value is -3.47. The van der Waals surface area contributed by atoms with Gasteiger partial charge in [0.25, 0.3) is 5.91 Å². The highest BCUT2D eigenvalue weighted by atomic mass is 16.5. The largest absolute Gasteiger partial charge is 0.490 e. The molecular weight excluding hydrogens is 376 g/mol. The molecule has 3 aromatic rings. The number of ether oxygens (including phenoxy) is 2. The Bertz CT molecular complexity index is 947. The molecule has 1 aliphatic heterocycles. The summed E-state index contributed by atoms with van der Waals surface area (Å²) in [4.78, 5) is 15.0.